The van der Waals surface area contributed by atoms with Crippen molar-refractivity contribution in [2.75, 3.05) is 6.54 Å². The number of hydrogen-bond donors (Lipinski definition) is 4. The Balaban J connectivity index is -0.000000980. The zero-order valence-corrected chi connectivity index (χ0v) is 9.56. The van der Waals surface area contributed by atoms with Gasteiger partial charge < -0.3 is 32.8 Å². The van der Waals surface area contributed by atoms with Crippen LogP contribution in [0.3, 0.4) is 0 Å². The Kier molecular flexibility index (Phi) is 12.9. The quantitative estimate of drug-likeness (QED) is 0.221. The van der Waals surface area contributed by atoms with Crippen molar-refractivity contribution in [3.05, 3.63) is 0 Å². The molecule has 17 heavy (non-hydrogen) atoms. The number of aliphatic carboxylic acids is 1. The van der Waals surface area contributed by atoms with E-state index in [1.54, 1.807) is 0 Å². The smallest absolute Gasteiger partial charge is 0.326 e. The molecule has 1 amide bonds. The van der Waals surface area contributed by atoms with Crippen LogP contribution < -0.4 is 16.8 Å². The van der Waals surface area contributed by atoms with E-state index in [-0.39, 0.29) is 22.8 Å². The zero-order valence-electron chi connectivity index (χ0n) is 9.56. The summed E-state index contributed by atoms with van der Waals surface area (Å²) in [6.07, 6.45) is 0.792. The first-order chi connectivity index (χ1) is 6.93. The summed E-state index contributed by atoms with van der Waals surface area (Å²) >= 11 is 0. The SMILES string of the molecule is CC(=O)N[C@H](CCCN=C(N)N)C(=O)O.O.O. The van der Waals surface area contributed by atoms with Gasteiger partial charge in [-0.05, 0) is 12.8 Å². The summed E-state index contributed by atoms with van der Waals surface area (Å²) in [5.74, 6) is -1.46. The first-order valence-electron chi connectivity index (χ1n) is 4.48. The molecular formula is C8H20N4O5. The largest absolute Gasteiger partial charge is 0.480 e. The van der Waals surface area contributed by atoms with Crippen LogP contribution in [0.5, 0.6) is 0 Å². The second kappa shape index (κ2) is 10.6. The molecule has 102 valence electrons. The standard InChI is InChI=1S/C8H16N4O3.2H2O/c1-5(13)12-6(7(14)15)3-2-4-11-8(9)10;;/h6H,2-4H2,1H3,(H,12,13)(H,14,15)(H4,9,10,11);2*1H2/t6-;;/m1../s1. The molecule has 0 saturated heterocycles. The second-order valence-electron chi connectivity index (χ2n) is 3.04. The van der Waals surface area contributed by atoms with Gasteiger partial charge in [-0.25, -0.2) is 4.79 Å². The highest BCUT2D eigenvalue weighted by Gasteiger charge is 2.17. The Bertz CT molecular complexity index is 265. The van der Waals surface area contributed by atoms with Crippen molar-refractivity contribution in [2.24, 2.45) is 16.5 Å². The van der Waals surface area contributed by atoms with E-state index in [9.17, 15) is 9.59 Å². The van der Waals surface area contributed by atoms with Gasteiger partial charge >= 0.3 is 5.97 Å². The van der Waals surface area contributed by atoms with Gasteiger partial charge in [-0.15, -0.1) is 0 Å². The minimum Gasteiger partial charge on any atom is -0.480 e. The van der Waals surface area contributed by atoms with Crippen LogP contribution >= 0.6 is 0 Å². The number of amides is 1. The molecule has 10 N–H and O–H groups in total. The lowest BCUT2D eigenvalue weighted by Gasteiger charge is -2.11. The molecule has 0 aliphatic carbocycles. The van der Waals surface area contributed by atoms with E-state index in [1.807, 2.05) is 0 Å². The Labute approximate surface area is 98.5 Å². The van der Waals surface area contributed by atoms with Crippen LogP contribution in [0.4, 0.5) is 0 Å². The van der Waals surface area contributed by atoms with Crippen molar-refractivity contribution < 1.29 is 25.6 Å². The molecule has 0 radical (unpaired) electrons. The monoisotopic (exact) mass is 252 g/mol. The van der Waals surface area contributed by atoms with Gasteiger partial charge in [0, 0.05) is 13.5 Å². The fourth-order valence-electron chi connectivity index (χ4n) is 1.01. The summed E-state index contributed by atoms with van der Waals surface area (Å²) in [7, 11) is 0. The normalized spacial score (nSPS) is 10.2. The molecule has 0 unspecified atom stereocenters. The highest BCUT2D eigenvalue weighted by atomic mass is 16.4. The third kappa shape index (κ3) is 12.1. The number of hydrogen-bond acceptors (Lipinski definition) is 3. The average molecular weight is 252 g/mol. The van der Waals surface area contributed by atoms with Crippen LogP contribution in [-0.2, 0) is 9.59 Å². The lowest BCUT2D eigenvalue weighted by molar-refractivity contribution is -0.141. The second-order valence-corrected chi connectivity index (χ2v) is 3.04. The van der Waals surface area contributed by atoms with E-state index in [0.717, 1.165) is 0 Å². The number of carbonyl (C=O) groups excluding carboxylic acids is 1. The summed E-state index contributed by atoms with van der Waals surface area (Å²) in [4.78, 5) is 25.0. The molecule has 0 aromatic rings. The number of aliphatic imine (C=N–C) groups is 1. The van der Waals surface area contributed by atoms with Crippen molar-refractivity contribution >= 4 is 17.8 Å². The van der Waals surface area contributed by atoms with Crippen LogP contribution in [0.15, 0.2) is 4.99 Å². The summed E-state index contributed by atoms with van der Waals surface area (Å²) < 4.78 is 0. The predicted molar refractivity (Wildman–Crippen MR) is 62.4 cm³/mol. The number of rotatable bonds is 6. The first-order valence-corrected chi connectivity index (χ1v) is 4.48. The molecule has 9 nitrogen and oxygen atoms in total. The van der Waals surface area contributed by atoms with Crippen LogP contribution in [0.1, 0.15) is 19.8 Å². The Morgan fingerprint density at radius 1 is 1.35 bits per heavy atom. The molecule has 9 heteroatoms. The van der Waals surface area contributed by atoms with Gasteiger partial charge in [0.25, 0.3) is 0 Å². The zero-order chi connectivity index (χ0) is 11.8. The molecule has 1 atom stereocenters. The summed E-state index contributed by atoms with van der Waals surface area (Å²) in [6.45, 7) is 1.62. The van der Waals surface area contributed by atoms with E-state index in [1.165, 1.54) is 6.92 Å². The van der Waals surface area contributed by atoms with Crippen molar-refractivity contribution in [1.29, 1.82) is 0 Å². The van der Waals surface area contributed by atoms with Gasteiger partial charge in [0.2, 0.25) is 5.91 Å². The highest BCUT2D eigenvalue weighted by Crippen LogP contribution is 1.98. The van der Waals surface area contributed by atoms with Gasteiger partial charge in [0.15, 0.2) is 5.96 Å². The number of nitrogens with one attached hydrogen (secondary N) is 1. The van der Waals surface area contributed by atoms with Gasteiger partial charge in [0.1, 0.15) is 6.04 Å². The van der Waals surface area contributed by atoms with Gasteiger partial charge in [-0.2, -0.15) is 0 Å². The Hall–Kier alpha value is -1.87. The topological polar surface area (TPSA) is 194 Å². The van der Waals surface area contributed by atoms with E-state index in [0.29, 0.717) is 19.4 Å². The number of nitrogens with zero attached hydrogens (tertiary/aromatic N) is 1. The fourth-order valence-corrected chi connectivity index (χ4v) is 1.01. The van der Waals surface area contributed by atoms with Gasteiger partial charge in [-0.3, -0.25) is 9.79 Å². The first kappa shape index (κ1) is 20.5. The number of carboxylic acid groups (broad SMARTS) is 1. The van der Waals surface area contributed by atoms with E-state index in [4.69, 9.17) is 16.6 Å². The Morgan fingerprint density at radius 3 is 2.24 bits per heavy atom. The Morgan fingerprint density at radius 2 is 1.88 bits per heavy atom. The molecule has 0 spiro atoms. The molecule has 0 aliphatic rings. The summed E-state index contributed by atoms with van der Waals surface area (Å²) in [5.41, 5.74) is 10.2. The maximum Gasteiger partial charge on any atom is 0.326 e. The van der Waals surface area contributed by atoms with Crippen LogP contribution in [0.2, 0.25) is 0 Å². The molecule has 0 heterocycles. The number of carbonyl (C=O) groups is 2. The molecule has 0 aromatic heterocycles. The third-order valence-corrected chi connectivity index (χ3v) is 1.62. The van der Waals surface area contributed by atoms with Gasteiger partial charge in [0.05, 0.1) is 0 Å². The van der Waals surface area contributed by atoms with Crippen molar-refractivity contribution in [1.82, 2.24) is 5.32 Å². The minimum atomic E-state index is -1.06. The molecule has 0 saturated carbocycles. The molecule has 0 rings (SSSR count). The van der Waals surface area contributed by atoms with E-state index < -0.39 is 12.0 Å². The maximum absolute atomic E-state index is 10.7. The van der Waals surface area contributed by atoms with Gasteiger partial charge in [-0.1, -0.05) is 0 Å². The maximum atomic E-state index is 10.7. The van der Waals surface area contributed by atoms with Crippen molar-refractivity contribution in [2.45, 2.75) is 25.8 Å². The lowest BCUT2D eigenvalue weighted by atomic mass is 10.1. The summed E-state index contributed by atoms with van der Waals surface area (Å²) in [6, 6.07) is -0.878. The van der Waals surface area contributed by atoms with E-state index in [2.05, 4.69) is 10.3 Å². The molecule has 0 bridgehead atoms. The van der Waals surface area contributed by atoms with E-state index >= 15 is 0 Å². The fraction of sp³-hybridized carbons (Fsp3) is 0.625. The van der Waals surface area contributed by atoms with Crippen LogP contribution in [0, 0.1) is 0 Å². The van der Waals surface area contributed by atoms with Crippen molar-refractivity contribution in [3.63, 3.8) is 0 Å². The third-order valence-electron chi connectivity index (χ3n) is 1.62. The summed E-state index contributed by atoms with van der Waals surface area (Å²) in [5, 5.41) is 11.0. The minimum absolute atomic E-state index is 0. The number of nitrogens with two attached hydrogens (primary N) is 2. The molecule has 0 aromatic carbocycles. The average Bonchev–Trinajstić information content (AvgIpc) is 2.08. The molecular weight excluding hydrogens is 232 g/mol. The van der Waals surface area contributed by atoms with Crippen molar-refractivity contribution in [3.8, 4) is 0 Å². The van der Waals surface area contributed by atoms with Crippen LogP contribution in [-0.4, -0.2) is 46.5 Å². The highest BCUT2D eigenvalue weighted by molar-refractivity contribution is 5.82. The number of carboxylic acids is 1. The molecule has 0 aliphatic heterocycles. The van der Waals surface area contributed by atoms with Crippen LogP contribution in [0.25, 0.3) is 0 Å². The lowest BCUT2D eigenvalue weighted by Crippen LogP contribution is -2.39. The number of guanidine groups is 1. The molecule has 0 fully saturated rings. The predicted octanol–water partition coefficient (Wildman–Crippen LogP) is -3.02.